The van der Waals surface area contributed by atoms with E-state index in [1.54, 1.807) is 0 Å². The van der Waals surface area contributed by atoms with E-state index in [0.717, 1.165) is 11.4 Å². The Bertz CT molecular complexity index is 292. The molecular weight excluding hydrogens is 206 g/mol. The predicted molar refractivity (Wildman–Crippen MR) is 65.6 cm³/mol. The maximum atomic E-state index is 5.66. The molecule has 1 rings (SSSR count). The highest BCUT2D eigenvalue weighted by molar-refractivity contribution is 6.69. The van der Waals surface area contributed by atoms with Crippen LogP contribution in [-0.4, -0.2) is 21.5 Å². The first-order chi connectivity index (χ1) is 6.97. The molecule has 2 N–H and O–H groups in total. The summed E-state index contributed by atoms with van der Waals surface area (Å²) >= 11 is 0. The number of rotatable bonds is 5. The largest absolute Gasteiger partial charge is 0.491 e. The van der Waals surface area contributed by atoms with Crippen molar-refractivity contribution in [2.75, 3.05) is 18.9 Å². The molecule has 3 nitrogen and oxygen atoms in total. The Kier molecular flexibility index (Phi) is 4.17. The second-order valence-electron chi connectivity index (χ2n) is 4.38. The lowest BCUT2D eigenvalue weighted by Gasteiger charge is -2.17. The third kappa shape index (κ3) is 5.44. The molecule has 84 valence electrons. The molecule has 1 aromatic rings. The van der Waals surface area contributed by atoms with Gasteiger partial charge in [0.2, 0.25) is 0 Å². The van der Waals surface area contributed by atoms with Gasteiger partial charge < -0.3 is 14.9 Å². The lowest BCUT2D eigenvalue weighted by molar-refractivity contribution is 0.212. The van der Waals surface area contributed by atoms with E-state index in [9.17, 15) is 0 Å². The fraction of sp³-hybridized carbons (Fsp3) is 0.455. The molecule has 0 bridgehead atoms. The number of nitrogens with two attached hydrogens (primary N) is 1. The van der Waals surface area contributed by atoms with Crippen molar-refractivity contribution in [3.63, 3.8) is 0 Å². The van der Waals surface area contributed by atoms with Crippen LogP contribution in [0, 0.1) is 0 Å². The molecule has 0 unspecified atom stereocenters. The van der Waals surface area contributed by atoms with Gasteiger partial charge in [0.05, 0.1) is 6.61 Å². The smallest absolute Gasteiger partial charge is 0.183 e. The van der Waals surface area contributed by atoms with Gasteiger partial charge in [0.25, 0.3) is 0 Å². The van der Waals surface area contributed by atoms with Crippen LogP contribution in [0.2, 0.25) is 19.6 Å². The summed E-state index contributed by atoms with van der Waals surface area (Å²) in [5.74, 6) is 0.836. The van der Waals surface area contributed by atoms with Crippen LogP contribution in [0.25, 0.3) is 0 Å². The van der Waals surface area contributed by atoms with E-state index < -0.39 is 8.32 Å². The monoisotopic (exact) mass is 225 g/mol. The first-order valence-corrected chi connectivity index (χ1v) is 8.50. The molecule has 0 radical (unpaired) electrons. The van der Waals surface area contributed by atoms with Crippen molar-refractivity contribution < 1.29 is 9.16 Å². The summed E-state index contributed by atoms with van der Waals surface area (Å²) in [4.78, 5) is 0. The Morgan fingerprint density at radius 3 is 2.20 bits per heavy atom. The van der Waals surface area contributed by atoms with Crippen LogP contribution in [0.1, 0.15) is 0 Å². The minimum Gasteiger partial charge on any atom is -0.491 e. The van der Waals surface area contributed by atoms with Gasteiger partial charge in [-0.15, -0.1) is 0 Å². The molecule has 4 heteroatoms. The van der Waals surface area contributed by atoms with E-state index in [1.165, 1.54) is 0 Å². The lowest BCUT2D eigenvalue weighted by atomic mass is 10.3. The summed E-state index contributed by atoms with van der Waals surface area (Å²) in [6.45, 7) is 7.73. The Hall–Kier alpha value is -1.00. The molecule has 0 aromatic heterocycles. The normalized spacial score (nSPS) is 11.4. The summed E-state index contributed by atoms with van der Waals surface area (Å²) in [7, 11) is -1.40. The van der Waals surface area contributed by atoms with E-state index in [2.05, 4.69) is 19.6 Å². The molecule has 0 aliphatic rings. The molecule has 0 saturated heterocycles. The van der Waals surface area contributed by atoms with Crippen molar-refractivity contribution in [2.45, 2.75) is 19.6 Å². The summed E-state index contributed by atoms with van der Waals surface area (Å²) in [6, 6.07) is 7.39. The number of benzene rings is 1. The van der Waals surface area contributed by atoms with Crippen molar-refractivity contribution in [1.82, 2.24) is 0 Å². The van der Waals surface area contributed by atoms with Crippen molar-refractivity contribution in [2.24, 2.45) is 0 Å². The topological polar surface area (TPSA) is 44.5 Å². The van der Waals surface area contributed by atoms with Gasteiger partial charge in [-0.05, 0) is 43.9 Å². The highest BCUT2D eigenvalue weighted by atomic mass is 28.4. The van der Waals surface area contributed by atoms with Crippen molar-refractivity contribution in [3.8, 4) is 5.75 Å². The third-order valence-electron chi connectivity index (χ3n) is 1.77. The maximum Gasteiger partial charge on any atom is 0.183 e. The average molecular weight is 225 g/mol. The van der Waals surface area contributed by atoms with Gasteiger partial charge >= 0.3 is 0 Å². The van der Waals surface area contributed by atoms with E-state index in [-0.39, 0.29) is 0 Å². The molecule has 1 aromatic carbocycles. The quantitative estimate of drug-likeness (QED) is 0.476. The highest BCUT2D eigenvalue weighted by Gasteiger charge is 2.13. The molecule has 0 aliphatic heterocycles. The second kappa shape index (κ2) is 5.18. The van der Waals surface area contributed by atoms with Crippen LogP contribution >= 0.6 is 0 Å². The van der Waals surface area contributed by atoms with E-state index in [0.29, 0.717) is 13.2 Å². The molecule has 0 heterocycles. The zero-order chi connectivity index (χ0) is 11.3. The van der Waals surface area contributed by atoms with Crippen LogP contribution in [-0.2, 0) is 4.43 Å². The van der Waals surface area contributed by atoms with Gasteiger partial charge in [0.15, 0.2) is 8.32 Å². The standard InChI is InChI=1S/C11H19NO2Si/c1-15(2,3)14-9-8-13-11-6-4-10(12)5-7-11/h4-7H,8-9,12H2,1-3H3. The lowest BCUT2D eigenvalue weighted by Crippen LogP contribution is -2.27. The number of ether oxygens (including phenoxy) is 1. The third-order valence-corrected chi connectivity index (χ3v) is 2.84. The highest BCUT2D eigenvalue weighted by Crippen LogP contribution is 2.13. The molecule has 0 saturated carbocycles. The van der Waals surface area contributed by atoms with Gasteiger partial charge in [0.1, 0.15) is 12.4 Å². The van der Waals surface area contributed by atoms with Crippen molar-refractivity contribution in [1.29, 1.82) is 0 Å². The molecule has 0 spiro atoms. The molecule has 0 amide bonds. The second-order valence-corrected chi connectivity index (χ2v) is 8.89. The van der Waals surface area contributed by atoms with Crippen LogP contribution in [0.15, 0.2) is 24.3 Å². The van der Waals surface area contributed by atoms with Gasteiger partial charge in [-0.2, -0.15) is 0 Å². The SMILES string of the molecule is C[Si](C)(C)OCCOc1ccc(N)cc1. The summed E-state index contributed by atoms with van der Waals surface area (Å²) < 4.78 is 11.2. The molecular formula is C11H19NO2Si. The summed E-state index contributed by atoms with van der Waals surface area (Å²) in [5.41, 5.74) is 6.31. The zero-order valence-electron chi connectivity index (χ0n) is 9.62. The van der Waals surface area contributed by atoms with Crippen LogP contribution in [0.4, 0.5) is 5.69 Å². The van der Waals surface area contributed by atoms with Crippen LogP contribution in [0.3, 0.4) is 0 Å². The minimum absolute atomic E-state index is 0.591. The average Bonchev–Trinajstić information content (AvgIpc) is 2.14. The van der Waals surface area contributed by atoms with Crippen LogP contribution < -0.4 is 10.5 Å². The summed E-state index contributed by atoms with van der Waals surface area (Å²) in [5, 5.41) is 0. The number of nitrogen functional groups attached to an aromatic ring is 1. The van der Waals surface area contributed by atoms with E-state index in [4.69, 9.17) is 14.9 Å². The van der Waals surface area contributed by atoms with Crippen LogP contribution in [0.5, 0.6) is 5.75 Å². The van der Waals surface area contributed by atoms with Gasteiger partial charge in [-0.25, -0.2) is 0 Å². The van der Waals surface area contributed by atoms with Crippen molar-refractivity contribution >= 4 is 14.0 Å². The van der Waals surface area contributed by atoms with Gasteiger partial charge in [-0.1, -0.05) is 0 Å². The maximum absolute atomic E-state index is 5.66. The zero-order valence-corrected chi connectivity index (χ0v) is 10.6. The summed E-state index contributed by atoms with van der Waals surface area (Å²) in [6.07, 6.45) is 0. The van der Waals surface area contributed by atoms with E-state index >= 15 is 0 Å². The van der Waals surface area contributed by atoms with E-state index in [1.807, 2.05) is 24.3 Å². The molecule has 0 fully saturated rings. The van der Waals surface area contributed by atoms with Crippen molar-refractivity contribution in [3.05, 3.63) is 24.3 Å². The first-order valence-electron chi connectivity index (χ1n) is 5.10. The fourth-order valence-electron chi connectivity index (χ4n) is 1.07. The minimum atomic E-state index is -1.40. The predicted octanol–water partition coefficient (Wildman–Crippen LogP) is 2.50. The Balaban J connectivity index is 2.23. The number of hydrogen-bond donors (Lipinski definition) is 1. The molecule has 0 atom stereocenters. The Morgan fingerprint density at radius 2 is 1.67 bits per heavy atom. The molecule has 0 aliphatic carbocycles. The van der Waals surface area contributed by atoms with Gasteiger partial charge in [0, 0.05) is 5.69 Å². The van der Waals surface area contributed by atoms with Gasteiger partial charge in [-0.3, -0.25) is 0 Å². The number of hydrogen-bond acceptors (Lipinski definition) is 3. The Labute approximate surface area is 92.3 Å². The first kappa shape index (κ1) is 12.1. The molecule has 15 heavy (non-hydrogen) atoms. The Morgan fingerprint density at radius 1 is 1.07 bits per heavy atom. The fourth-order valence-corrected chi connectivity index (χ4v) is 1.77. The number of anilines is 1.